The summed E-state index contributed by atoms with van der Waals surface area (Å²) < 4.78 is 0. The molecule has 0 aliphatic rings. The first-order valence-electron chi connectivity index (χ1n) is 3.90. The molecule has 0 fully saturated rings. The van der Waals surface area contributed by atoms with Crippen molar-refractivity contribution >= 4 is 17.4 Å². The lowest BCUT2D eigenvalue weighted by Crippen LogP contribution is -1.99. The summed E-state index contributed by atoms with van der Waals surface area (Å²) in [6.45, 7) is 1.97. The Balaban J connectivity index is 2.81. The van der Waals surface area contributed by atoms with Crippen molar-refractivity contribution in [1.29, 1.82) is 0 Å². The molecule has 0 saturated carbocycles. The second-order valence-corrected chi connectivity index (χ2v) is 3.11. The van der Waals surface area contributed by atoms with Gasteiger partial charge in [-0.25, -0.2) is 0 Å². The SMILES string of the molecule is Cc1cccc(C(=O)CCCl)c1. The summed E-state index contributed by atoms with van der Waals surface area (Å²) >= 11 is 5.47. The van der Waals surface area contributed by atoms with Crippen molar-refractivity contribution in [2.75, 3.05) is 5.88 Å². The molecule has 0 N–H and O–H groups in total. The molecule has 0 radical (unpaired) electrons. The van der Waals surface area contributed by atoms with Crippen molar-refractivity contribution in [3.63, 3.8) is 0 Å². The number of aryl methyl sites for hydroxylation is 1. The molecule has 1 aromatic carbocycles. The summed E-state index contributed by atoms with van der Waals surface area (Å²) in [5.41, 5.74) is 1.87. The molecule has 1 nitrogen and oxygen atoms in total. The van der Waals surface area contributed by atoms with Crippen LogP contribution in [0.25, 0.3) is 0 Å². The maximum absolute atomic E-state index is 11.3. The lowest BCUT2D eigenvalue weighted by atomic mass is 10.1. The molecule has 2 heteroatoms. The predicted octanol–water partition coefficient (Wildman–Crippen LogP) is 2.81. The fraction of sp³-hybridized carbons (Fsp3) is 0.300. The molecule has 0 spiro atoms. The molecule has 0 aliphatic heterocycles. The van der Waals surface area contributed by atoms with Gasteiger partial charge in [-0.2, -0.15) is 0 Å². The fourth-order valence-electron chi connectivity index (χ4n) is 1.05. The van der Waals surface area contributed by atoms with E-state index in [0.717, 1.165) is 11.1 Å². The molecule has 0 aliphatic carbocycles. The van der Waals surface area contributed by atoms with Gasteiger partial charge in [-0.1, -0.05) is 23.8 Å². The number of alkyl halides is 1. The van der Waals surface area contributed by atoms with Crippen molar-refractivity contribution < 1.29 is 4.79 Å². The van der Waals surface area contributed by atoms with Crippen LogP contribution in [0.3, 0.4) is 0 Å². The average Bonchev–Trinajstić information content (AvgIpc) is 2.05. The molecule has 0 bridgehead atoms. The highest BCUT2D eigenvalue weighted by Gasteiger charge is 2.03. The van der Waals surface area contributed by atoms with Crippen molar-refractivity contribution in [3.05, 3.63) is 35.4 Å². The van der Waals surface area contributed by atoms with Gasteiger partial charge < -0.3 is 0 Å². The van der Waals surface area contributed by atoms with Gasteiger partial charge in [0.2, 0.25) is 0 Å². The highest BCUT2D eigenvalue weighted by atomic mass is 35.5. The zero-order valence-electron chi connectivity index (χ0n) is 7.01. The predicted molar refractivity (Wildman–Crippen MR) is 50.8 cm³/mol. The van der Waals surface area contributed by atoms with Gasteiger partial charge in [-0.15, -0.1) is 11.6 Å². The summed E-state index contributed by atoms with van der Waals surface area (Å²) in [6.07, 6.45) is 0.422. The first-order valence-corrected chi connectivity index (χ1v) is 4.43. The van der Waals surface area contributed by atoms with Gasteiger partial charge in [-0.05, 0) is 13.0 Å². The Morgan fingerprint density at radius 1 is 1.50 bits per heavy atom. The normalized spacial score (nSPS) is 9.83. The number of hydrogen-bond acceptors (Lipinski definition) is 1. The summed E-state index contributed by atoms with van der Waals surface area (Å²) in [6, 6.07) is 7.56. The van der Waals surface area contributed by atoms with Crippen LogP contribution in [0.5, 0.6) is 0 Å². The largest absolute Gasteiger partial charge is 0.294 e. The van der Waals surface area contributed by atoms with E-state index in [1.807, 2.05) is 31.2 Å². The van der Waals surface area contributed by atoms with Crippen molar-refractivity contribution in [1.82, 2.24) is 0 Å². The first kappa shape index (κ1) is 9.27. The molecule has 1 rings (SSSR count). The number of ketones is 1. The van der Waals surface area contributed by atoms with Gasteiger partial charge in [0, 0.05) is 17.9 Å². The van der Waals surface area contributed by atoms with Crippen LogP contribution in [0.1, 0.15) is 22.3 Å². The van der Waals surface area contributed by atoms with E-state index in [4.69, 9.17) is 11.6 Å². The fourth-order valence-corrected chi connectivity index (χ4v) is 1.22. The average molecular weight is 183 g/mol. The van der Waals surface area contributed by atoms with E-state index in [1.165, 1.54) is 0 Å². The third kappa shape index (κ3) is 2.35. The minimum Gasteiger partial charge on any atom is -0.294 e. The molecule has 0 saturated heterocycles. The third-order valence-corrected chi connectivity index (χ3v) is 1.85. The number of rotatable bonds is 3. The Hall–Kier alpha value is -0.820. The maximum atomic E-state index is 11.3. The van der Waals surface area contributed by atoms with Gasteiger partial charge in [0.15, 0.2) is 5.78 Å². The summed E-state index contributed by atoms with van der Waals surface area (Å²) in [5.74, 6) is 0.515. The Bertz CT molecular complexity index is 281. The lowest BCUT2D eigenvalue weighted by Gasteiger charge is -1.98. The Morgan fingerprint density at radius 2 is 2.25 bits per heavy atom. The molecule has 12 heavy (non-hydrogen) atoms. The van der Waals surface area contributed by atoms with Gasteiger partial charge in [0.1, 0.15) is 0 Å². The van der Waals surface area contributed by atoms with Crippen LogP contribution >= 0.6 is 11.6 Å². The van der Waals surface area contributed by atoms with Crippen LogP contribution in [0.4, 0.5) is 0 Å². The van der Waals surface area contributed by atoms with Crippen LogP contribution in [-0.2, 0) is 0 Å². The first-order chi connectivity index (χ1) is 5.74. The number of Topliss-reactive ketones (excluding diaryl/α,β-unsaturated/α-hetero) is 1. The minimum absolute atomic E-state index is 0.119. The van der Waals surface area contributed by atoms with Gasteiger partial charge in [0.25, 0.3) is 0 Å². The van der Waals surface area contributed by atoms with E-state index in [9.17, 15) is 4.79 Å². The zero-order valence-corrected chi connectivity index (χ0v) is 7.77. The Kier molecular flexibility index (Phi) is 3.30. The highest BCUT2D eigenvalue weighted by Crippen LogP contribution is 2.06. The Labute approximate surface area is 77.4 Å². The summed E-state index contributed by atoms with van der Waals surface area (Å²) in [4.78, 5) is 11.3. The monoisotopic (exact) mass is 182 g/mol. The highest BCUT2D eigenvalue weighted by molar-refractivity contribution is 6.19. The van der Waals surface area contributed by atoms with E-state index in [0.29, 0.717) is 12.3 Å². The molecular weight excluding hydrogens is 172 g/mol. The molecule has 1 aromatic rings. The molecule has 0 amide bonds. The Morgan fingerprint density at radius 3 is 2.83 bits per heavy atom. The minimum atomic E-state index is 0.119. The number of carbonyl (C=O) groups is 1. The standard InChI is InChI=1S/C10H11ClO/c1-8-3-2-4-9(7-8)10(12)5-6-11/h2-4,7H,5-6H2,1H3. The molecule has 64 valence electrons. The summed E-state index contributed by atoms with van der Waals surface area (Å²) in [7, 11) is 0. The van der Waals surface area contributed by atoms with E-state index in [2.05, 4.69) is 0 Å². The smallest absolute Gasteiger partial charge is 0.164 e. The van der Waals surface area contributed by atoms with Gasteiger partial charge in [0.05, 0.1) is 0 Å². The lowest BCUT2D eigenvalue weighted by molar-refractivity contribution is 0.0989. The van der Waals surface area contributed by atoms with Gasteiger partial charge in [-0.3, -0.25) is 4.79 Å². The molecule has 0 aromatic heterocycles. The summed E-state index contributed by atoms with van der Waals surface area (Å²) in [5, 5.41) is 0. The topological polar surface area (TPSA) is 17.1 Å². The number of benzene rings is 1. The number of halogens is 1. The maximum Gasteiger partial charge on any atom is 0.164 e. The third-order valence-electron chi connectivity index (χ3n) is 1.66. The van der Waals surface area contributed by atoms with Crippen molar-refractivity contribution in [3.8, 4) is 0 Å². The van der Waals surface area contributed by atoms with E-state index < -0.39 is 0 Å². The molecule has 0 unspecified atom stereocenters. The van der Waals surface area contributed by atoms with Gasteiger partial charge >= 0.3 is 0 Å². The molecular formula is C10H11ClO. The van der Waals surface area contributed by atoms with Crippen LogP contribution in [0.2, 0.25) is 0 Å². The zero-order chi connectivity index (χ0) is 8.97. The van der Waals surface area contributed by atoms with Crippen LogP contribution in [-0.4, -0.2) is 11.7 Å². The van der Waals surface area contributed by atoms with Crippen LogP contribution in [0.15, 0.2) is 24.3 Å². The molecule has 0 atom stereocenters. The second kappa shape index (κ2) is 4.27. The molecule has 0 heterocycles. The number of carbonyl (C=O) groups excluding carboxylic acids is 1. The number of hydrogen-bond donors (Lipinski definition) is 0. The van der Waals surface area contributed by atoms with Crippen molar-refractivity contribution in [2.24, 2.45) is 0 Å². The van der Waals surface area contributed by atoms with Crippen LogP contribution < -0.4 is 0 Å². The van der Waals surface area contributed by atoms with E-state index in [1.54, 1.807) is 0 Å². The van der Waals surface area contributed by atoms with E-state index >= 15 is 0 Å². The van der Waals surface area contributed by atoms with Crippen molar-refractivity contribution in [2.45, 2.75) is 13.3 Å². The van der Waals surface area contributed by atoms with Crippen LogP contribution in [0, 0.1) is 6.92 Å². The second-order valence-electron chi connectivity index (χ2n) is 2.73. The van der Waals surface area contributed by atoms with E-state index in [-0.39, 0.29) is 5.78 Å². The quantitative estimate of drug-likeness (QED) is 0.519.